The van der Waals surface area contributed by atoms with E-state index in [9.17, 15) is 4.79 Å². The number of carbonyl (C=O) groups excluding carboxylic acids is 1. The number of carbonyl (C=O) groups is 1. The van der Waals surface area contributed by atoms with Gasteiger partial charge in [-0.3, -0.25) is 4.79 Å². The molecule has 28 heavy (non-hydrogen) atoms. The predicted octanol–water partition coefficient (Wildman–Crippen LogP) is 4.21. The first kappa shape index (κ1) is 19.9. The summed E-state index contributed by atoms with van der Waals surface area (Å²) in [5.41, 5.74) is 3.76. The lowest BCUT2D eigenvalue weighted by Crippen LogP contribution is -2.28. The van der Waals surface area contributed by atoms with Crippen molar-refractivity contribution in [3.63, 3.8) is 0 Å². The van der Waals surface area contributed by atoms with Gasteiger partial charge in [0.05, 0.1) is 18.6 Å². The molecule has 2 aromatic carbocycles. The van der Waals surface area contributed by atoms with Crippen molar-refractivity contribution < 1.29 is 9.53 Å². The molecule has 1 heterocycles. The van der Waals surface area contributed by atoms with Gasteiger partial charge < -0.3 is 9.64 Å². The Labute approximate surface area is 169 Å². The molecule has 3 rings (SSSR count). The van der Waals surface area contributed by atoms with Crippen LogP contribution in [-0.4, -0.2) is 40.7 Å². The van der Waals surface area contributed by atoms with Gasteiger partial charge in [0.1, 0.15) is 5.75 Å². The molecule has 6 heteroatoms. The van der Waals surface area contributed by atoms with Gasteiger partial charge in [0.2, 0.25) is 5.91 Å². The fourth-order valence-corrected chi connectivity index (χ4v) is 3.62. The van der Waals surface area contributed by atoms with E-state index in [1.165, 1.54) is 11.8 Å². The summed E-state index contributed by atoms with van der Waals surface area (Å²) in [5, 5.41) is 0.609. The van der Waals surface area contributed by atoms with Crippen molar-refractivity contribution in [2.24, 2.45) is 0 Å². The molecular formula is C22H23N3O2S. The summed E-state index contributed by atoms with van der Waals surface area (Å²) in [6.07, 6.45) is 0. The van der Waals surface area contributed by atoms with Crippen LogP contribution in [0, 0.1) is 6.92 Å². The second-order valence-electron chi connectivity index (χ2n) is 6.39. The van der Waals surface area contributed by atoms with Crippen LogP contribution in [0.5, 0.6) is 5.75 Å². The van der Waals surface area contributed by atoms with Gasteiger partial charge in [-0.15, -0.1) is 0 Å². The van der Waals surface area contributed by atoms with Crippen molar-refractivity contribution >= 4 is 17.7 Å². The molecule has 0 unspecified atom stereocenters. The van der Waals surface area contributed by atoms with Gasteiger partial charge in [-0.2, -0.15) is 0 Å². The second-order valence-corrected chi connectivity index (χ2v) is 7.34. The lowest BCUT2D eigenvalue weighted by molar-refractivity contribution is -0.127. The maximum atomic E-state index is 12.6. The van der Waals surface area contributed by atoms with E-state index >= 15 is 0 Å². The number of hydrogen-bond acceptors (Lipinski definition) is 5. The third kappa shape index (κ3) is 5.10. The highest BCUT2D eigenvalue weighted by Crippen LogP contribution is 2.23. The molecule has 0 saturated heterocycles. The fraction of sp³-hybridized carbons (Fsp3) is 0.227. The molecule has 144 valence electrons. The van der Waals surface area contributed by atoms with Crippen molar-refractivity contribution in [3.05, 3.63) is 71.9 Å². The van der Waals surface area contributed by atoms with Crippen LogP contribution in [0.25, 0.3) is 11.3 Å². The van der Waals surface area contributed by atoms with E-state index in [4.69, 9.17) is 4.74 Å². The Morgan fingerprint density at radius 1 is 1.07 bits per heavy atom. The topological polar surface area (TPSA) is 55.3 Å². The number of para-hydroxylation sites is 1. The number of ether oxygens (including phenoxy) is 1. The highest BCUT2D eigenvalue weighted by Gasteiger charge is 2.14. The molecule has 3 aromatic rings. The maximum Gasteiger partial charge on any atom is 0.233 e. The van der Waals surface area contributed by atoms with Crippen LogP contribution in [0.1, 0.15) is 11.3 Å². The molecule has 0 aliphatic heterocycles. The molecule has 0 atom stereocenters. The van der Waals surface area contributed by atoms with Crippen LogP contribution >= 0.6 is 11.8 Å². The summed E-state index contributed by atoms with van der Waals surface area (Å²) in [5.74, 6) is 1.08. The number of methoxy groups -OCH3 is 1. The monoisotopic (exact) mass is 393 g/mol. The van der Waals surface area contributed by atoms with Crippen LogP contribution < -0.4 is 4.74 Å². The van der Waals surface area contributed by atoms with E-state index in [0.717, 1.165) is 28.3 Å². The van der Waals surface area contributed by atoms with E-state index in [-0.39, 0.29) is 11.7 Å². The quantitative estimate of drug-likeness (QED) is 0.445. The molecule has 0 N–H and O–H groups in total. The number of nitrogens with zero attached hydrogens (tertiary/aromatic N) is 3. The molecule has 1 amide bonds. The first-order valence-corrected chi connectivity index (χ1v) is 9.95. The summed E-state index contributed by atoms with van der Waals surface area (Å²) >= 11 is 1.36. The summed E-state index contributed by atoms with van der Waals surface area (Å²) in [7, 11) is 3.43. The third-order valence-electron chi connectivity index (χ3n) is 4.25. The second kappa shape index (κ2) is 9.37. The van der Waals surface area contributed by atoms with Crippen LogP contribution in [0.4, 0.5) is 0 Å². The Bertz CT molecular complexity index is 948. The number of rotatable bonds is 7. The SMILES string of the molecule is COc1ccccc1CN(C)C(=O)CSc1nc(C)cc(-c2ccccc2)n1. The molecule has 1 aromatic heterocycles. The van der Waals surface area contributed by atoms with Gasteiger partial charge in [0.15, 0.2) is 5.16 Å². The number of aryl methyl sites for hydroxylation is 1. The minimum absolute atomic E-state index is 0.0160. The summed E-state index contributed by atoms with van der Waals surface area (Å²) in [4.78, 5) is 23.3. The Morgan fingerprint density at radius 2 is 1.79 bits per heavy atom. The van der Waals surface area contributed by atoms with E-state index < -0.39 is 0 Å². The van der Waals surface area contributed by atoms with Crippen molar-refractivity contribution in [2.75, 3.05) is 19.9 Å². The van der Waals surface area contributed by atoms with Crippen LogP contribution in [0.15, 0.2) is 65.8 Å². The third-order valence-corrected chi connectivity index (χ3v) is 5.09. The molecule has 0 fully saturated rings. The number of hydrogen-bond donors (Lipinski definition) is 0. The number of amides is 1. The zero-order valence-electron chi connectivity index (χ0n) is 16.3. The van der Waals surface area contributed by atoms with E-state index in [2.05, 4.69) is 9.97 Å². The smallest absolute Gasteiger partial charge is 0.233 e. The minimum atomic E-state index is 0.0160. The Balaban J connectivity index is 1.65. The van der Waals surface area contributed by atoms with Gasteiger partial charge in [0, 0.05) is 30.4 Å². The van der Waals surface area contributed by atoms with Crippen molar-refractivity contribution in [2.45, 2.75) is 18.6 Å². The number of benzene rings is 2. The predicted molar refractivity (Wildman–Crippen MR) is 112 cm³/mol. The first-order valence-electron chi connectivity index (χ1n) is 8.96. The first-order chi connectivity index (χ1) is 13.6. The molecule has 5 nitrogen and oxygen atoms in total. The normalized spacial score (nSPS) is 10.5. The van der Waals surface area contributed by atoms with Crippen LogP contribution in [0.2, 0.25) is 0 Å². The minimum Gasteiger partial charge on any atom is -0.496 e. The standard InChI is InChI=1S/C22H23N3O2S/c1-16-13-19(17-9-5-4-6-10-17)24-22(23-16)28-15-21(26)25(2)14-18-11-7-8-12-20(18)27-3/h4-13H,14-15H2,1-3H3. The van der Waals surface area contributed by atoms with E-state index in [0.29, 0.717) is 11.7 Å². The lowest BCUT2D eigenvalue weighted by atomic mass is 10.1. The largest absolute Gasteiger partial charge is 0.496 e. The lowest BCUT2D eigenvalue weighted by Gasteiger charge is -2.18. The summed E-state index contributed by atoms with van der Waals surface area (Å²) < 4.78 is 5.36. The zero-order chi connectivity index (χ0) is 19.9. The molecule has 0 aliphatic carbocycles. The van der Waals surface area contributed by atoms with Gasteiger partial charge in [0.25, 0.3) is 0 Å². The summed E-state index contributed by atoms with van der Waals surface area (Å²) in [6.45, 7) is 2.43. The number of aromatic nitrogens is 2. The maximum absolute atomic E-state index is 12.6. The zero-order valence-corrected chi connectivity index (χ0v) is 17.1. The Hall–Kier alpha value is -2.86. The van der Waals surface area contributed by atoms with Gasteiger partial charge >= 0.3 is 0 Å². The van der Waals surface area contributed by atoms with Gasteiger partial charge in [-0.05, 0) is 19.1 Å². The summed E-state index contributed by atoms with van der Waals surface area (Å²) in [6, 6.07) is 19.6. The highest BCUT2D eigenvalue weighted by molar-refractivity contribution is 7.99. The molecule has 0 spiro atoms. The van der Waals surface area contributed by atoms with E-state index in [1.54, 1.807) is 19.1 Å². The van der Waals surface area contributed by atoms with Gasteiger partial charge in [-0.1, -0.05) is 60.3 Å². The van der Waals surface area contributed by atoms with Crippen molar-refractivity contribution in [1.29, 1.82) is 0 Å². The molecule has 0 radical (unpaired) electrons. The Kier molecular flexibility index (Phi) is 6.66. The fourth-order valence-electron chi connectivity index (χ4n) is 2.78. The number of thioether (sulfide) groups is 1. The van der Waals surface area contributed by atoms with Crippen molar-refractivity contribution in [1.82, 2.24) is 14.9 Å². The Morgan fingerprint density at radius 3 is 2.54 bits per heavy atom. The average Bonchev–Trinajstić information content (AvgIpc) is 2.72. The highest BCUT2D eigenvalue weighted by atomic mass is 32.2. The van der Waals surface area contributed by atoms with E-state index in [1.807, 2.05) is 67.6 Å². The molecule has 0 bridgehead atoms. The van der Waals surface area contributed by atoms with Crippen LogP contribution in [-0.2, 0) is 11.3 Å². The molecule has 0 aliphatic rings. The van der Waals surface area contributed by atoms with Crippen LogP contribution in [0.3, 0.4) is 0 Å². The van der Waals surface area contributed by atoms with Crippen molar-refractivity contribution in [3.8, 4) is 17.0 Å². The molecular weight excluding hydrogens is 370 g/mol. The molecule has 0 saturated carbocycles. The average molecular weight is 394 g/mol. The van der Waals surface area contributed by atoms with Gasteiger partial charge in [-0.25, -0.2) is 9.97 Å².